The first-order valence-electron chi connectivity index (χ1n) is 8.70. The molecule has 0 bridgehead atoms. The average Bonchev–Trinajstić information content (AvgIpc) is 3.15. The lowest BCUT2D eigenvalue weighted by Crippen LogP contribution is -2.19. The number of nitro groups is 1. The van der Waals surface area contributed by atoms with Crippen LogP contribution in [0.3, 0.4) is 0 Å². The van der Waals surface area contributed by atoms with E-state index in [4.69, 9.17) is 11.6 Å². The number of rotatable bonds is 7. The van der Waals surface area contributed by atoms with E-state index < -0.39 is 4.92 Å². The van der Waals surface area contributed by atoms with Gasteiger partial charge in [-0.1, -0.05) is 41.6 Å². The Balaban J connectivity index is 1.62. The predicted molar refractivity (Wildman–Crippen MR) is 115 cm³/mol. The van der Waals surface area contributed by atoms with Crippen molar-refractivity contribution in [2.75, 3.05) is 0 Å². The van der Waals surface area contributed by atoms with Gasteiger partial charge in [0, 0.05) is 30.0 Å². The Kier molecular flexibility index (Phi) is 6.80. The fourth-order valence-corrected chi connectivity index (χ4v) is 3.48. The van der Waals surface area contributed by atoms with E-state index in [2.05, 4.69) is 20.7 Å². The van der Waals surface area contributed by atoms with Gasteiger partial charge in [0.05, 0.1) is 10.6 Å². The number of hydrazone groups is 1. The number of aromatic nitrogens is 3. The molecule has 0 saturated heterocycles. The topological polar surface area (TPSA) is 115 Å². The number of thioether (sulfide) groups is 1. The molecule has 0 aliphatic rings. The molecule has 0 saturated carbocycles. The van der Waals surface area contributed by atoms with Crippen LogP contribution in [-0.2, 0) is 12.8 Å². The van der Waals surface area contributed by atoms with Gasteiger partial charge in [0.25, 0.3) is 11.6 Å². The fourth-order valence-electron chi connectivity index (χ4n) is 2.44. The normalized spacial score (nSPS) is 11.4. The number of carbonyl (C=O) groups is 1. The van der Waals surface area contributed by atoms with Crippen LogP contribution in [-0.4, -0.2) is 31.3 Å². The second-order valence-corrected chi connectivity index (χ2v) is 7.62. The van der Waals surface area contributed by atoms with Gasteiger partial charge in [-0.15, -0.1) is 10.2 Å². The van der Waals surface area contributed by atoms with Crippen molar-refractivity contribution in [1.82, 2.24) is 20.2 Å². The third-order valence-corrected chi connectivity index (χ3v) is 5.56. The summed E-state index contributed by atoms with van der Waals surface area (Å²) in [5.41, 5.74) is 4.63. The van der Waals surface area contributed by atoms with Crippen molar-refractivity contribution in [2.45, 2.75) is 17.8 Å². The molecule has 0 aliphatic heterocycles. The highest BCUT2D eigenvalue weighted by atomic mass is 35.5. The number of halogens is 1. The summed E-state index contributed by atoms with van der Waals surface area (Å²) in [6, 6.07) is 11.5. The molecule has 2 aromatic carbocycles. The van der Waals surface area contributed by atoms with Crippen LogP contribution < -0.4 is 5.43 Å². The molecule has 11 heteroatoms. The summed E-state index contributed by atoms with van der Waals surface area (Å²) in [5.74, 6) is 0.312. The van der Waals surface area contributed by atoms with Gasteiger partial charge in [-0.25, -0.2) is 5.43 Å². The van der Waals surface area contributed by atoms with Crippen molar-refractivity contribution >= 4 is 40.7 Å². The molecule has 1 heterocycles. The molecule has 1 aromatic heterocycles. The van der Waals surface area contributed by atoms with Crippen molar-refractivity contribution < 1.29 is 9.72 Å². The second kappa shape index (κ2) is 9.51. The van der Waals surface area contributed by atoms with Gasteiger partial charge in [0.2, 0.25) is 0 Å². The van der Waals surface area contributed by atoms with E-state index in [1.165, 1.54) is 12.1 Å². The predicted octanol–water partition coefficient (Wildman–Crippen LogP) is 3.82. The minimum Gasteiger partial charge on any atom is -0.312 e. The van der Waals surface area contributed by atoms with Crippen molar-refractivity contribution in [1.29, 1.82) is 0 Å². The zero-order chi connectivity index (χ0) is 21.7. The number of hydrogen-bond acceptors (Lipinski definition) is 7. The summed E-state index contributed by atoms with van der Waals surface area (Å²) in [5, 5.41) is 23.7. The van der Waals surface area contributed by atoms with Crippen molar-refractivity contribution in [3.8, 4) is 0 Å². The minimum absolute atomic E-state index is 0.0398. The van der Waals surface area contributed by atoms with Crippen molar-refractivity contribution in [3.05, 3.63) is 80.6 Å². The highest BCUT2D eigenvalue weighted by Gasteiger charge is 2.14. The first-order valence-corrected chi connectivity index (χ1v) is 10.1. The number of hydrogen-bond donors (Lipinski definition) is 1. The summed E-state index contributed by atoms with van der Waals surface area (Å²) < 4.78 is 1.84. The lowest BCUT2D eigenvalue weighted by atomic mass is 10.1. The van der Waals surface area contributed by atoms with Crippen LogP contribution in [0.5, 0.6) is 0 Å². The minimum atomic E-state index is -0.568. The molecule has 3 rings (SSSR count). The number of nitro benzene ring substituents is 1. The quantitative estimate of drug-likeness (QED) is 0.256. The number of benzene rings is 2. The van der Waals surface area contributed by atoms with Gasteiger partial charge < -0.3 is 4.57 Å². The smallest absolute Gasteiger partial charge is 0.288 e. The van der Waals surface area contributed by atoms with Crippen LogP contribution in [0.4, 0.5) is 5.69 Å². The highest BCUT2D eigenvalue weighted by Crippen LogP contribution is 2.25. The molecule has 3 aromatic rings. The van der Waals surface area contributed by atoms with E-state index in [0.717, 1.165) is 10.7 Å². The standard InChI is InChI=1S/C19H17ClN6O3S/c1-12(15-7-8-16(20)17(9-15)26(28)29)22-23-18(27)14-5-3-13(4-6-14)10-30-19-24-21-11-25(19)2/h3-9,11H,10H2,1-2H3,(H,23,27)/b22-12+. The molecule has 0 fully saturated rings. The van der Waals surface area contributed by atoms with Crippen LogP contribution in [0.1, 0.15) is 28.4 Å². The number of amides is 1. The largest absolute Gasteiger partial charge is 0.312 e. The molecule has 0 aliphatic carbocycles. The Morgan fingerprint density at radius 1 is 1.27 bits per heavy atom. The zero-order valence-corrected chi connectivity index (χ0v) is 17.6. The summed E-state index contributed by atoms with van der Waals surface area (Å²) >= 11 is 7.36. The van der Waals surface area contributed by atoms with Gasteiger partial charge in [-0.2, -0.15) is 5.10 Å². The van der Waals surface area contributed by atoms with Gasteiger partial charge >= 0.3 is 0 Å². The Morgan fingerprint density at radius 3 is 2.60 bits per heavy atom. The molecular formula is C19H17ClN6O3S. The monoisotopic (exact) mass is 444 g/mol. The molecule has 0 atom stereocenters. The molecule has 0 radical (unpaired) electrons. The molecule has 9 nitrogen and oxygen atoms in total. The first-order chi connectivity index (χ1) is 14.3. The molecule has 154 valence electrons. The lowest BCUT2D eigenvalue weighted by molar-refractivity contribution is -0.384. The van der Waals surface area contributed by atoms with E-state index in [1.54, 1.807) is 43.2 Å². The van der Waals surface area contributed by atoms with Crippen molar-refractivity contribution in [3.63, 3.8) is 0 Å². The molecule has 1 N–H and O–H groups in total. The number of aryl methyl sites for hydroxylation is 1. The van der Waals surface area contributed by atoms with Gasteiger partial charge in [-0.05, 0) is 30.7 Å². The van der Waals surface area contributed by atoms with E-state index >= 15 is 0 Å². The molecule has 0 unspecified atom stereocenters. The maximum Gasteiger partial charge on any atom is 0.288 e. The Morgan fingerprint density at radius 2 is 1.97 bits per heavy atom. The Hall–Kier alpha value is -3.24. The maximum absolute atomic E-state index is 12.3. The van der Waals surface area contributed by atoms with Gasteiger partial charge in [0.15, 0.2) is 5.16 Å². The number of nitrogens with one attached hydrogen (secondary N) is 1. The van der Waals surface area contributed by atoms with E-state index in [-0.39, 0.29) is 16.6 Å². The molecule has 30 heavy (non-hydrogen) atoms. The van der Waals surface area contributed by atoms with E-state index in [0.29, 0.717) is 22.6 Å². The van der Waals surface area contributed by atoms with Crippen molar-refractivity contribution in [2.24, 2.45) is 12.1 Å². The van der Waals surface area contributed by atoms with Gasteiger partial charge in [0.1, 0.15) is 11.3 Å². The highest BCUT2D eigenvalue weighted by molar-refractivity contribution is 7.98. The van der Waals surface area contributed by atoms with Crippen LogP contribution >= 0.6 is 23.4 Å². The lowest BCUT2D eigenvalue weighted by Gasteiger charge is -2.05. The Bertz CT molecular complexity index is 1110. The SMILES string of the molecule is C/C(=N\NC(=O)c1ccc(CSc2nncn2C)cc1)c1ccc(Cl)c([N+](=O)[O-])c1. The molecule has 0 spiro atoms. The summed E-state index contributed by atoms with van der Waals surface area (Å²) in [7, 11) is 1.88. The Labute approximate surface area is 181 Å². The van der Waals surface area contributed by atoms with Crippen LogP contribution in [0.15, 0.2) is 59.0 Å². The van der Waals surface area contributed by atoms with Crippen LogP contribution in [0.25, 0.3) is 0 Å². The molecular weight excluding hydrogens is 428 g/mol. The first kappa shape index (κ1) is 21.5. The van der Waals surface area contributed by atoms with E-state index in [1.807, 2.05) is 23.7 Å². The zero-order valence-electron chi connectivity index (χ0n) is 16.1. The molecule has 1 amide bonds. The maximum atomic E-state index is 12.3. The summed E-state index contributed by atoms with van der Waals surface area (Å²) in [6.45, 7) is 1.64. The van der Waals surface area contributed by atoms with Gasteiger partial charge in [-0.3, -0.25) is 14.9 Å². The van der Waals surface area contributed by atoms with Crippen LogP contribution in [0.2, 0.25) is 5.02 Å². The number of nitrogens with zero attached hydrogens (tertiary/aromatic N) is 5. The average molecular weight is 445 g/mol. The van der Waals surface area contributed by atoms with E-state index in [9.17, 15) is 14.9 Å². The number of carbonyl (C=O) groups excluding carboxylic acids is 1. The summed E-state index contributed by atoms with van der Waals surface area (Å²) in [4.78, 5) is 22.8. The van der Waals surface area contributed by atoms with Crippen LogP contribution in [0, 0.1) is 10.1 Å². The fraction of sp³-hybridized carbons (Fsp3) is 0.158. The third-order valence-electron chi connectivity index (χ3n) is 4.14. The second-order valence-electron chi connectivity index (χ2n) is 6.27. The summed E-state index contributed by atoms with van der Waals surface area (Å²) in [6.07, 6.45) is 1.64. The third kappa shape index (κ3) is 5.22.